The first-order valence-electron chi connectivity index (χ1n) is 7.96. The molecule has 0 aliphatic carbocycles. The topological polar surface area (TPSA) is 79.4 Å². The Morgan fingerprint density at radius 3 is 3.04 bits per heavy atom. The Kier molecular flexibility index (Phi) is 6.10. The van der Waals surface area contributed by atoms with E-state index in [4.69, 9.17) is 4.74 Å². The summed E-state index contributed by atoms with van der Waals surface area (Å²) in [6.07, 6.45) is 5.96. The highest BCUT2D eigenvalue weighted by molar-refractivity contribution is 6.01. The molecule has 2 aromatic rings. The first-order valence-corrected chi connectivity index (χ1v) is 7.96. The van der Waals surface area contributed by atoms with Crippen LogP contribution in [0.25, 0.3) is 11.7 Å². The summed E-state index contributed by atoms with van der Waals surface area (Å²) in [5.41, 5.74) is 2.64. The molecule has 0 unspecified atom stereocenters. The van der Waals surface area contributed by atoms with Gasteiger partial charge < -0.3 is 14.5 Å². The molecule has 1 N–H and O–H groups in total. The Bertz CT molecular complexity index is 784. The molecule has 0 saturated heterocycles. The standard InChI is InChI=1S/C18H22N4O2/c1-13(2)24-8-4-6-20-18(23)15(11-19)10-16-12-21-17-9-14(3)5-7-22(16)17/h5,7,9-10,12-13H,4,6,8H2,1-3H3,(H,20,23). The molecule has 2 heterocycles. The summed E-state index contributed by atoms with van der Waals surface area (Å²) in [6, 6.07) is 5.85. The molecule has 0 atom stereocenters. The largest absolute Gasteiger partial charge is 0.379 e. The molecule has 0 spiro atoms. The second kappa shape index (κ2) is 8.27. The molecule has 2 rings (SSSR count). The van der Waals surface area contributed by atoms with Gasteiger partial charge in [-0.05, 0) is 51.0 Å². The smallest absolute Gasteiger partial charge is 0.262 e. The van der Waals surface area contributed by atoms with Crippen molar-refractivity contribution in [1.82, 2.24) is 14.7 Å². The summed E-state index contributed by atoms with van der Waals surface area (Å²) < 4.78 is 7.25. The van der Waals surface area contributed by atoms with E-state index in [1.807, 2.05) is 49.6 Å². The Labute approximate surface area is 141 Å². The van der Waals surface area contributed by atoms with Gasteiger partial charge in [0.25, 0.3) is 5.91 Å². The number of nitrogens with one attached hydrogen (secondary N) is 1. The van der Waals surface area contributed by atoms with Crippen LogP contribution >= 0.6 is 0 Å². The lowest BCUT2D eigenvalue weighted by Crippen LogP contribution is -2.26. The van der Waals surface area contributed by atoms with Crippen molar-refractivity contribution in [2.24, 2.45) is 0 Å². The van der Waals surface area contributed by atoms with E-state index in [0.29, 0.717) is 25.3 Å². The molecule has 0 aliphatic rings. The number of fused-ring (bicyclic) bond motifs is 1. The van der Waals surface area contributed by atoms with Gasteiger partial charge in [0.2, 0.25) is 0 Å². The number of hydrogen-bond donors (Lipinski definition) is 1. The zero-order valence-corrected chi connectivity index (χ0v) is 14.2. The van der Waals surface area contributed by atoms with Crippen LogP contribution in [-0.2, 0) is 9.53 Å². The number of hydrogen-bond acceptors (Lipinski definition) is 4. The number of amides is 1. The molecule has 0 radical (unpaired) electrons. The van der Waals surface area contributed by atoms with Gasteiger partial charge in [-0.25, -0.2) is 4.98 Å². The minimum Gasteiger partial charge on any atom is -0.379 e. The van der Waals surface area contributed by atoms with E-state index in [1.165, 1.54) is 0 Å². The third-order valence-corrected chi connectivity index (χ3v) is 3.41. The van der Waals surface area contributed by atoms with Gasteiger partial charge in [-0.1, -0.05) is 0 Å². The van der Waals surface area contributed by atoms with Gasteiger partial charge in [0, 0.05) is 19.3 Å². The number of carbonyl (C=O) groups excluding carboxylic acids is 1. The van der Waals surface area contributed by atoms with Gasteiger partial charge in [0.15, 0.2) is 0 Å². The molecule has 0 bridgehead atoms. The molecule has 0 saturated carbocycles. The summed E-state index contributed by atoms with van der Waals surface area (Å²) in [5.74, 6) is -0.385. The van der Waals surface area contributed by atoms with Crippen molar-refractivity contribution in [1.29, 1.82) is 5.26 Å². The van der Waals surface area contributed by atoms with Crippen LogP contribution in [0.2, 0.25) is 0 Å². The number of nitrogens with zero attached hydrogens (tertiary/aromatic N) is 3. The average Bonchev–Trinajstić information content (AvgIpc) is 2.93. The fourth-order valence-electron chi connectivity index (χ4n) is 2.19. The van der Waals surface area contributed by atoms with E-state index >= 15 is 0 Å². The number of nitriles is 1. The highest BCUT2D eigenvalue weighted by atomic mass is 16.5. The maximum atomic E-state index is 12.1. The highest BCUT2D eigenvalue weighted by Gasteiger charge is 2.10. The summed E-state index contributed by atoms with van der Waals surface area (Å²) >= 11 is 0. The van der Waals surface area contributed by atoms with Crippen molar-refractivity contribution >= 4 is 17.6 Å². The number of carbonyl (C=O) groups is 1. The lowest BCUT2D eigenvalue weighted by Gasteiger charge is -2.08. The number of aryl methyl sites for hydroxylation is 1. The third kappa shape index (κ3) is 4.67. The SMILES string of the molecule is Cc1ccn2c(C=C(C#N)C(=O)NCCCOC(C)C)cnc2c1. The Morgan fingerprint density at radius 2 is 2.33 bits per heavy atom. The van der Waals surface area contributed by atoms with Crippen molar-refractivity contribution in [3.8, 4) is 6.07 Å². The van der Waals surface area contributed by atoms with Gasteiger partial charge in [-0.3, -0.25) is 4.79 Å². The normalized spacial score (nSPS) is 11.7. The summed E-state index contributed by atoms with van der Waals surface area (Å²) in [6.45, 7) is 6.97. The maximum Gasteiger partial charge on any atom is 0.262 e. The van der Waals surface area contributed by atoms with Crippen LogP contribution in [0.15, 0.2) is 30.1 Å². The van der Waals surface area contributed by atoms with Crippen LogP contribution in [-0.4, -0.2) is 34.5 Å². The molecule has 1 amide bonds. The number of rotatable bonds is 7. The van der Waals surface area contributed by atoms with Crippen molar-refractivity contribution in [3.05, 3.63) is 41.4 Å². The van der Waals surface area contributed by atoms with Crippen LogP contribution in [0, 0.1) is 18.3 Å². The lowest BCUT2D eigenvalue weighted by molar-refractivity contribution is -0.117. The fourth-order valence-corrected chi connectivity index (χ4v) is 2.19. The molecule has 6 heteroatoms. The Balaban J connectivity index is 2.02. The van der Waals surface area contributed by atoms with E-state index in [9.17, 15) is 10.1 Å². The van der Waals surface area contributed by atoms with E-state index in [2.05, 4.69) is 10.3 Å². The Hall–Kier alpha value is -2.65. The lowest BCUT2D eigenvalue weighted by atomic mass is 10.2. The van der Waals surface area contributed by atoms with Crippen LogP contribution in [0.1, 0.15) is 31.5 Å². The van der Waals surface area contributed by atoms with Crippen LogP contribution < -0.4 is 5.32 Å². The van der Waals surface area contributed by atoms with Gasteiger partial charge in [0.05, 0.1) is 18.0 Å². The van der Waals surface area contributed by atoms with Gasteiger partial charge in [0.1, 0.15) is 17.3 Å². The number of ether oxygens (including phenoxy) is 1. The maximum absolute atomic E-state index is 12.1. The molecule has 0 aromatic carbocycles. The van der Waals surface area contributed by atoms with Gasteiger partial charge >= 0.3 is 0 Å². The predicted octanol–water partition coefficient (Wildman–Crippen LogP) is 2.48. The highest BCUT2D eigenvalue weighted by Crippen LogP contribution is 2.12. The molecule has 126 valence electrons. The van der Waals surface area contributed by atoms with Crippen LogP contribution in [0.4, 0.5) is 0 Å². The molecule has 0 fully saturated rings. The number of pyridine rings is 1. The number of imidazole rings is 1. The first kappa shape index (κ1) is 17.7. The number of aromatic nitrogens is 2. The molecule has 0 aliphatic heterocycles. The van der Waals surface area contributed by atoms with Crippen LogP contribution in [0.3, 0.4) is 0 Å². The van der Waals surface area contributed by atoms with E-state index in [0.717, 1.165) is 11.2 Å². The molecule has 2 aromatic heterocycles. The predicted molar refractivity (Wildman–Crippen MR) is 92.2 cm³/mol. The van der Waals surface area contributed by atoms with Crippen molar-refractivity contribution < 1.29 is 9.53 Å². The van der Waals surface area contributed by atoms with Crippen molar-refractivity contribution in [3.63, 3.8) is 0 Å². The van der Waals surface area contributed by atoms with Gasteiger partial charge in [-0.15, -0.1) is 0 Å². The van der Waals surface area contributed by atoms with E-state index in [-0.39, 0.29) is 17.6 Å². The van der Waals surface area contributed by atoms with E-state index in [1.54, 1.807) is 12.3 Å². The zero-order valence-electron chi connectivity index (χ0n) is 14.2. The second-order valence-corrected chi connectivity index (χ2v) is 5.81. The first-order chi connectivity index (χ1) is 11.5. The Morgan fingerprint density at radius 1 is 1.54 bits per heavy atom. The summed E-state index contributed by atoms with van der Waals surface area (Å²) in [5, 5.41) is 12.0. The summed E-state index contributed by atoms with van der Waals surface area (Å²) in [4.78, 5) is 16.4. The molecule has 6 nitrogen and oxygen atoms in total. The fraction of sp³-hybridized carbons (Fsp3) is 0.389. The van der Waals surface area contributed by atoms with Crippen molar-refractivity contribution in [2.45, 2.75) is 33.3 Å². The van der Waals surface area contributed by atoms with Crippen LogP contribution in [0.5, 0.6) is 0 Å². The molecule has 24 heavy (non-hydrogen) atoms. The second-order valence-electron chi connectivity index (χ2n) is 5.81. The third-order valence-electron chi connectivity index (χ3n) is 3.41. The zero-order chi connectivity index (χ0) is 17.5. The monoisotopic (exact) mass is 326 g/mol. The summed E-state index contributed by atoms with van der Waals surface area (Å²) in [7, 11) is 0. The average molecular weight is 326 g/mol. The molecular formula is C18H22N4O2. The minimum absolute atomic E-state index is 0.0575. The molecular weight excluding hydrogens is 304 g/mol. The van der Waals surface area contributed by atoms with Gasteiger partial charge in [-0.2, -0.15) is 5.26 Å². The van der Waals surface area contributed by atoms with E-state index < -0.39 is 0 Å². The minimum atomic E-state index is -0.385. The quantitative estimate of drug-likeness (QED) is 0.481. The van der Waals surface area contributed by atoms with Crippen molar-refractivity contribution in [2.75, 3.05) is 13.2 Å².